The number of hydrogen-bond acceptors (Lipinski definition) is 1. The highest BCUT2D eigenvalue weighted by Crippen LogP contribution is 2.08. The summed E-state index contributed by atoms with van der Waals surface area (Å²) in [5.74, 6) is 5.49. The molecule has 0 aliphatic rings. The number of halogens is 1. The van der Waals surface area contributed by atoms with Crippen LogP contribution in [0.3, 0.4) is 0 Å². The normalized spacial score (nSPS) is 11.7. The average Bonchev–Trinajstić information content (AvgIpc) is 2.08. The van der Waals surface area contributed by atoms with Gasteiger partial charge in [-0.2, -0.15) is 0 Å². The smallest absolute Gasteiger partial charge is 0.123 e. The molecule has 1 atom stereocenters. The van der Waals surface area contributed by atoms with Crippen molar-refractivity contribution in [2.75, 3.05) is 0 Å². The summed E-state index contributed by atoms with van der Waals surface area (Å²) >= 11 is 0. The van der Waals surface area contributed by atoms with E-state index in [0.29, 0.717) is 6.42 Å². The highest BCUT2D eigenvalue weighted by Gasteiger charge is 1.96. The molecular formula is C12H13FO. The Morgan fingerprint density at radius 1 is 1.50 bits per heavy atom. The van der Waals surface area contributed by atoms with Crippen molar-refractivity contribution in [1.29, 1.82) is 0 Å². The molecule has 0 aliphatic heterocycles. The Morgan fingerprint density at radius 2 is 2.21 bits per heavy atom. The lowest BCUT2D eigenvalue weighted by atomic mass is 10.1. The highest BCUT2D eigenvalue weighted by molar-refractivity contribution is 5.40. The van der Waals surface area contributed by atoms with Crippen LogP contribution in [0.2, 0.25) is 0 Å². The van der Waals surface area contributed by atoms with E-state index in [9.17, 15) is 4.39 Å². The molecule has 0 fully saturated rings. The first kappa shape index (κ1) is 10.7. The van der Waals surface area contributed by atoms with Crippen LogP contribution in [0.1, 0.15) is 24.5 Å². The summed E-state index contributed by atoms with van der Waals surface area (Å²) in [5, 5.41) is 8.98. The number of aliphatic hydroxyl groups is 1. The first-order valence-corrected chi connectivity index (χ1v) is 4.52. The van der Waals surface area contributed by atoms with Crippen molar-refractivity contribution < 1.29 is 9.50 Å². The van der Waals surface area contributed by atoms with Crippen molar-refractivity contribution in [1.82, 2.24) is 0 Å². The third kappa shape index (κ3) is 3.20. The van der Waals surface area contributed by atoms with E-state index in [1.807, 2.05) is 6.92 Å². The summed E-state index contributed by atoms with van der Waals surface area (Å²) in [6, 6.07) is 4.49. The van der Waals surface area contributed by atoms with Crippen LogP contribution in [-0.2, 0) is 0 Å². The van der Waals surface area contributed by atoms with Gasteiger partial charge in [0.25, 0.3) is 0 Å². The fourth-order valence-corrected chi connectivity index (χ4v) is 1.06. The zero-order chi connectivity index (χ0) is 10.6. The Balaban J connectivity index is 2.80. The van der Waals surface area contributed by atoms with Crippen LogP contribution in [-0.4, -0.2) is 11.2 Å². The Labute approximate surface area is 83.6 Å². The summed E-state index contributed by atoms with van der Waals surface area (Å²) in [6.45, 7) is 3.50. The fourth-order valence-electron chi connectivity index (χ4n) is 1.06. The number of hydrogen-bond donors (Lipinski definition) is 1. The Kier molecular flexibility index (Phi) is 3.67. The lowest BCUT2D eigenvalue weighted by Crippen LogP contribution is -1.95. The van der Waals surface area contributed by atoms with Crippen molar-refractivity contribution >= 4 is 0 Å². The molecule has 0 spiro atoms. The lowest BCUT2D eigenvalue weighted by Gasteiger charge is -1.97. The number of aliphatic hydroxyl groups excluding tert-OH is 1. The molecule has 1 aromatic rings. The summed E-state index contributed by atoms with van der Waals surface area (Å²) in [6.07, 6.45) is 0.0276. The van der Waals surface area contributed by atoms with Gasteiger partial charge in [-0.1, -0.05) is 11.8 Å². The predicted molar refractivity (Wildman–Crippen MR) is 54.3 cm³/mol. The van der Waals surface area contributed by atoms with E-state index in [1.54, 1.807) is 13.0 Å². The van der Waals surface area contributed by atoms with Crippen LogP contribution in [0.4, 0.5) is 4.39 Å². The SMILES string of the molecule is Cc1cc(F)ccc1C#CCC(C)O. The number of aryl methyl sites for hydroxylation is 1. The summed E-state index contributed by atoms with van der Waals surface area (Å²) in [4.78, 5) is 0. The van der Waals surface area contributed by atoms with E-state index in [4.69, 9.17) is 5.11 Å². The zero-order valence-corrected chi connectivity index (χ0v) is 8.34. The maximum atomic E-state index is 12.7. The van der Waals surface area contributed by atoms with Gasteiger partial charge >= 0.3 is 0 Å². The molecule has 74 valence electrons. The van der Waals surface area contributed by atoms with Crippen molar-refractivity contribution in [2.45, 2.75) is 26.4 Å². The van der Waals surface area contributed by atoms with Gasteiger partial charge in [0.2, 0.25) is 0 Å². The summed E-state index contributed by atoms with van der Waals surface area (Å²) in [7, 11) is 0. The zero-order valence-electron chi connectivity index (χ0n) is 8.34. The molecule has 14 heavy (non-hydrogen) atoms. The second kappa shape index (κ2) is 4.78. The molecule has 1 unspecified atom stereocenters. The molecule has 1 rings (SSSR count). The number of benzene rings is 1. The molecule has 0 heterocycles. The van der Waals surface area contributed by atoms with Crippen molar-refractivity contribution in [3.8, 4) is 11.8 Å². The molecule has 0 aliphatic carbocycles. The third-order valence-corrected chi connectivity index (χ3v) is 1.81. The number of rotatable bonds is 1. The van der Waals surface area contributed by atoms with Crippen LogP contribution < -0.4 is 0 Å². The van der Waals surface area contributed by atoms with E-state index in [-0.39, 0.29) is 5.82 Å². The largest absolute Gasteiger partial charge is 0.392 e. The standard InChI is InChI=1S/C12H13FO/c1-9-8-12(13)7-6-11(9)5-3-4-10(2)14/h6-8,10,14H,4H2,1-2H3. The minimum atomic E-state index is -0.414. The van der Waals surface area contributed by atoms with Crippen LogP contribution in [0.25, 0.3) is 0 Å². The Hall–Kier alpha value is -1.33. The molecule has 0 saturated heterocycles. The fraction of sp³-hybridized carbons (Fsp3) is 0.333. The van der Waals surface area contributed by atoms with Gasteiger partial charge in [-0.3, -0.25) is 0 Å². The average molecular weight is 192 g/mol. The molecule has 0 bridgehead atoms. The van der Waals surface area contributed by atoms with E-state index in [0.717, 1.165) is 11.1 Å². The molecule has 1 aromatic carbocycles. The van der Waals surface area contributed by atoms with Crippen LogP contribution >= 0.6 is 0 Å². The molecule has 1 nitrogen and oxygen atoms in total. The monoisotopic (exact) mass is 192 g/mol. The summed E-state index contributed by atoms with van der Waals surface area (Å²) in [5.41, 5.74) is 1.63. The van der Waals surface area contributed by atoms with E-state index >= 15 is 0 Å². The minimum Gasteiger partial charge on any atom is -0.392 e. The van der Waals surface area contributed by atoms with E-state index in [2.05, 4.69) is 11.8 Å². The topological polar surface area (TPSA) is 20.2 Å². The van der Waals surface area contributed by atoms with Gasteiger partial charge in [-0.25, -0.2) is 4.39 Å². The minimum absolute atomic E-state index is 0.247. The van der Waals surface area contributed by atoms with Gasteiger partial charge in [-0.15, -0.1) is 0 Å². The molecule has 1 N–H and O–H groups in total. The molecule has 0 amide bonds. The Bertz CT molecular complexity index is 372. The van der Waals surface area contributed by atoms with Crippen LogP contribution in [0, 0.1) is 24.6 Å². The van der Waals surface area contributed by atoms with Gasteiger partial charge in [-0.05, 0) is 37.6 Å². The van der Waals surface area contributed by atoms with Crippen molar-refractivity contribution in [2.24, 2.45) is 0 Å². The molecule has 0 aromatic heterocycles. The molecule has 0 radical (unpaired) electrons. The van der Waals surface area contributed by atoms with E-state index in [1.165, 1.54) is 12.1 Å². The second-order valence-corrected chi connectivity index (χ2v) is 3.31. The predicted octanol–water partition coefficient (Wildman–Crippen LogP) is 2.26. The van der Waals surface area contributed by atoms with Crippen molar-refractivity contribution in [3.05, 3.63) is 35.1 Å². The third-order valence-electron chi connectivity index (χ3n) is 1.81. The van der Waals surface area contributed by atoms with Crippen molar-refractivity contribution in [3.63, 3.8) is 0 Å². The van der Waals surface area contributed by atoms with Gasteiger partial charge < -0.3 is 5.11 Å². The Morgan fingerprint density at radius 3 is 2.79 bits per heavy atom. The first-order valence-electron chi connectivity index (χ1n) is 4.52. The molecule has 0 saturated carbocycles. The maximum absolute atomic E-state index is 12.7. The highest BCUT2D eigenvalue weighted by atomic mass is 19.1. The van der Waals surface area contributed by atoms with Gasteiger partial charge in [0.15, 0.2) is 0 Å². The van der Waals surface area contributed by atoms with Crippen LogP contribution in [0.15, 0.2) is 18.2 Å². The van der Waals surface area contributed by atoms with Crippen LogP contribution in [0.5, 0.6) is 0 Å². The first-order chi connectivity index (χ1) is 6.59. The maximum Gasteiger partial charge on any atom is 0.123 e. The van der Waals surface area contributed by atoms with E-state index < -0.39 is 6.10 Å². The lowest BCUT2D eigenvalue weighted by molar-refractivity contribution is 0.201. The summed E-state index contributed by atoms with van der Waals surface area (Å²) < 4.78 is 12.7. The van der Waals surface area contributed by atoms with Gasteiger partial charge in [0.05, 0.1) is 6.10 Å². The molecule has 2 heteroatoms. The quantitative estimate of drug-likeness (QED) is 0.677. The molecular weight excluding hydrogens is 179 g/mol. The van der Waals surface area contributed by atoms with Gasteiger partial charge in [0.1, 0.15) is 5.82 Å². The second-order valence-electron chi connectivity index (χ2n) is 3.31. The van der Waals surface area contributed by atoms with Gasteiger partial charge in [0, 0.05) is 12.0 Å².